The maximum Gasteiger partial charge on any atom is 0.408 e. The molecule has 0 saturated heterocycles. The lowest BCUT2D eigenvalue weighted by molar-refractivity contribution is -0.143. The molecule has 0 saturated carbocycles. The largest absolute Gasteiger partial charge is 0.417 e. The highest BCUT2D eigenvalue weighted by molar-refractivity contribution is 6.74. The SMILES string of the molecule is CC(C)(C)[Si](C)(C)OCCC(O)c1cnnn1CC(F)(F)F. The van der Waals surface area contributed by atoms with Gasteiger partial charge in [0.15, 0.2) is 8.32 Å². The van der Waals surface area contributed by atoms with Gasteiger partial charge >= 0.3 is 6.18 Å². The van der Waals surface area contributed by atoms with Crippen molar-refractivity contribution in [2.75, 3.05) is 6.61 Å². The molecule has 0 amide bonds. The minimum Gasteiger partial charge on any atom is -0.417 e. The number of halogens is 3. The minimum atomic E-state index is -4.40. The Morgan fingerprint density at radius 3 is 2.41 bits per heavy atom. The zero-order chi connectivity index (χ0) is 17.2. The lowest BCUT2D eigenvalue weighted by Crippen LogP contribution is -2.41. The van der Waals surface area contributed by atoms with E-state index in [4.69, 9.17) is 4.43 Å². The van der Waals surface area contributed by atoms with Crippen molar-refractivity contribution in [1.29, 1.82) is 0 Å². The Morgan fingerprint density at radius 1 is 1.32 bits per heavy atom. The van der Waals surface area contributed by atoms with Gasteiger partial charge in [-0.15, -0.1) is 5.10 Å². The second kappa shape index (κ2) is 6.67. The van der Waals surface area contributed by atoms with Gasteiger partial charge < -0.3 is 9.53 Å². The summed E-state index contributed by atoms with van der Waals surface area (Å²) in [5.41, 5.74) is 0.0520. The van der Waals surface area contributed by atoms with Crippen LogP contribution in [0.2, 0.25) is 18.1 Å². The summed E-state index contributed by atoms with van der Waals surface area (Å²) in [4.78, 5) is 0. The Balaban J connectivity index is 2.61. The summed E-state index contributed by atoms with van der Waals surface area (Å²) in [7, 11) is -1.94. The molecule has 128 valence electrons. The van der Waals surface area contributed by atoms with Crippen molar-refractivity contribution in [3.63, 3.8) is 0 Å². The van der Waals surface area contributed by atoms with Crippen molar-refractivity contribution in [3.8, 4) is 0 Å². The molecule has 0 aliphatic rings. The van der Waals surface area contributed by atoms with Crippen molar-refractivity contribution in [1.82, 2.24) is 15.0 Å². The normalized spacial score (nSPS) is 15.1. The molecule has 1 rings (SSSR count). The average molecular weight is 339 g/mol. The average Bonchev–Trinajstić information content (AvgIpc) is 2.72. The summed E-state index contributed by atoms with van der Waals surface area (Å²) >= 11 is 0. The van der Waals surface area contributed by atoms with Crippen LogP contribution in [-0.2, 0) is 11.0 Å². The first-order chi connectivity index (χ1) is 9.83. The summed E-state index contributed by atoms with van der Waals surface area (Å²) in [5.74, 6) is 0. The van der Waals surface area contributed by atoms with Gasteiger partial charge in [0.2, 0.25) is 0 Å². The third-order valence-corrected chi connectivity index (χ3v) is 8.52. The number of nitrogens with zero attached hydrogens (tertiary/aromatic N) is 3. The lowest BCUT2D eigenvalue weighted by Gasteiger charge is -2.36. The van der Waals surface area contributed by atoms with Gasteiger partial charge in [0, 0.05) is 13.0 Å². The van der Waals surface area contributed by atoms with E-state index in [9.17, 15) is 18.3 Å². The molecule has 0 aromatic carbocycles. The van der Waals surface area contributed by atoms with Gasteiger partial charge in [-0.2, -0.15) is 13.2 Å². The van der Waals surface area contributed by atoms with E-state index >= 15 is 0 Å². The Labute approximate surface area is 129 Å². The molecule has 1 aromatic rings. The fourth-order valence-corrected chi connectivity index (χ4v) is 2.67. The van der Waals surface area contributed by atoms with E-state index in [1.807, 2.05) is 0 Å². The van der Waals surface area contributed by atoms with E-state index in [2.05, 4.69) is 44.2 Å². The van der Waals surface area contributed by atoms with Crippen LogP contribution in [-0.4, -0.2) is 41.2 Å². The molecule has 0 radical (unpaired) electrons. The number of aliphatic hydroxyl groups is 1. The molecule has 0 bridgehead atoms. The molecule has 1 aromatic heterocycles. The number of aromatic nitrogens is 3. The van der Waals surface area contributed by atoms with Crippen LogP contribution >= 0.6 is 0 Å². The summed E-state index contributed by atoms with van der Waals surface area (Å²) in [6.45, 7) is 9.47. The van der Waals surface area contributed by atoms with Crippen molar-refractivity contribution in [2.24, 2.45) is 0 Å². The van der Waals surface area contributed by atoms with E-state index in [1.54, 1.807) is 0 Å². The quantitative estimate of drug-likeness (QED) is 0.808. The summed E-state index contributed by atoms with van der Waals surface area (Å²) in [6.07, 6.45) is -4.12. The van der Waals surface area contributed by atoms with Crippen LogP contribution in [0.1, 0.15) is 39.0 Å². The topological polar surface area (TPSA) is 60.2 Å². The van der Waals surface area contributed by atoms with Crippen molar-refractivity contribution < 1.29 is 22.7 Å². The van der Waals surface area contributed by atoms with E-state index in [-0.39, 0.29) is 23.8 Å². The molecule has 0 aliphatic heterocycles. The maximum absolute atomic E-state index is 12.4. The molecular weight excluding hydrogens is 315 g/mol. The number of rotatable bonds is 6. The van der Waals surface area contributed by atoms with Crippen LogP contribution in [0.3, 0.4) is 0 Å². The first-order valence-corrected chi connectivity index (χ1v) is 10.0. The Bertz CT molecular complexity index is 484. The second-order valence-electron chi connectivity index (χ2n) is 6.84. The van der Waals surface area contributed by atoms with E-state index in [0.717, 1.165) is 6.20 Å². The number of aliphatic hydroxyl groups excluding tert-OH is 1. The van der Waals surface area contributed by atoms with Crippen LogP contribution in [0, 0.1) is 0 Å². The lowest BCUT2D eigenvalue weighted by atomic mass is 10.2. The molecule has 5 nitrogen and oxygen atoms in total. The van der Waals surface area contributed by atoms with E-state index in [0.29, 0.717) is 4.68 Å². The smallest absolute Gasteiger partial charge is 0.408 e. The Kier molecular flexibility index (Phi) is 5.80. The van der Waals surface area contributed by atoms with Gasteiger partial charge in [0.25, 0.3) is 0 Å². The van der Waals surface area contributed by atoms with Crippen LogP contribution in [0.25, 0.3) is 0 Å². The molecule has 1 heterocycles. The third kappa shape index (κ3) is 5.36. The summed E-state index contributed by atoms with van der Waals surface area (Å²) in [6, 6.07) is 0. The monoisotopic (exact) mass is 339 g/mol. The first-order valence-electron chi connectivity index (χ1n) is 7.11. The molecular formula is C13H24F3N3O2Si. The highest BCUT2D eigenvalue weighted by Crippen LogP contribution is 2.36. The molecule has 1 N–H and O–H groups in total. The van der Waals surface area contributed by atoms with Crippen LogP contribution in [0.5, 0.6) is 0 Å². The van der Waals surface area contributed by atoms with Crippen molar-refractivity contribution in [2.45, 2.75) is 64.1 Å². The zero-order valence-corrected chi connectivity index (χ0v) is 14.6. The fraction of sp³-hybridized carbons (Fsp3) is 0.846. The maximum atomic E-state index is 12.4. The van der Waals surface area contributed by atoms with Crippen LogP contribution in [0.15, 0.2) is 6.20 Å². The third-order valence-electron chi connectivity index (χ3n) is 3.98. The molecule has 0 spiro atoms. The standard InChI is InChI=1S/C13H24F3N3O2Si/c1-12(2,3)22(4,5)21-7-6-11(20)10-8-17-18-19(10)9-13(14,15)16/h8,11,20H,6-7,9H2,1-5H3. The van der Waals surface area contributed by atoms with Gasteiger partial charge in [-0.25, -0.2) is 4.68 Å². The highest BCUT2D eigenvalue weighted by atomic mass is 28.4. The second-order valence-corrected chi connectivity index (χ2v) is 11.7. The Hall–Kier alpha value is -0.933. The molecule has 0 fully saturated rings. The number of alkyl halides is 3. The number of hydrogen-bond donors (Lipinski definition) is 1. The van der Waals surface area contributed by atoms with Crippen LogP contribution < -0.4 is 0 Å². The highest BCUT2D eigenvalue weighted by Gasteiger charge is 2.37. The Morgan fingerprint density at radius 2 is 1.91 bits per heavy atom. The van der Waals surface area contributed by atoms with Gasteiger partial charge in [-0.05, 0) is 18.1 Å². The van der Waals surface area contributed by atoms with E-state index < -0.39 is 27.1 Å². The van der Waals surface area contributed by atoms with Crippen molar-refractivity contribution >= 4 is 8.32 Å². The van der Waals surface area contributed by atoms with Gasteiger partial charge in [-0.1, -0.05) is 26.0 Å². The molecule has 9 heteroatoms. The molecule has 1 atom stereocenters. The molecule has 0 aliphatic carbocycles. The first kappa shape index (κ1) is 19.1. The van der Waals surface area contributed by atoms with E-state index in [1.165, 1.54) is 0 Å². The minimum absolute atomic E-state index is 0.0393. The summed E-state index contributed by atoms with van der Waals surface area (Å²) < 4.78 is 43.8. The van der Waals surface area contributed by atoms with Gasteiger partial charge in [-0.3, -0.25) is 0 Å². The zero-order valence-electron chi connectivity index (χ0n) is 13.6. The fourth-order valence-electron chi connectivity index (χ4n) is 1.61. The van der Waals surface area contributed by atoms with Gasteiger partial charge in [0.05, 0.1) is 18.0 Å². The predicted octanol–water partition coefficient (Wildman–Crippen LogP) is 3.29. The summed E-state index contributed by atoms with van der Waals surface area (Å²) in [5, 5.41) is 16.9. The molecule has 1 unspecified atom stereocenters. The molecule has 22 heavy (non-hydrogen) atoms. The van der Waals surface area contributed by atoms with Gasteiger partial charge in [0.1, 0.15) is 6.54 Å². The number of hydrogen-bond acceptors (Lipinski definition) is 4. The predicted molar refractivity (Wildman–Crippen MR) is 78.8 cm³/mol. The van der Waals surface area contributed by atoms with Crippen molar-refractivity contribution in [3.05, 3.63) is 11.9 Å². The van der Waals surface area contributed by atoms with Crippen LogP contribution in [0.4, 0.5) is 13.2 Å².